The number of carbonyl (C=O) groups is 2. The second kappa shape index (κ2) is 6.90. The van der Waals surface area contributed by atoms with E-state index in [1.807, 2.05) is 20.8 Å². The molecule has 1 aliphatic rings. The number of thiophene rings is 1. The Bertz CT molecular complexity index is 670. The Morgan fingerprint density at radius 1 is 1.48 bits per heavy atom. The number of ether oxygens (including phenoxy) is 1. The van der Waals surface area contributed by atoms with Crippen molar-refractivity contribution in [2.24, 2.45) is 5.92 Å². The first kappa shape index (κ1) is 17.8. The van der Waals surface area contributed by atoms with Gasteiger partial charge in [-0.3, -0.25) is 9.59 Å². The molecule has 1 aromatic rings. The zero-order valence-electron chi connectivity index (χ0n) is 13.4. The third kappa shape index (κ3) is 4.24. The topological polar surface area (TPSA) is 79.2 Å². The van der Waals surface area contributed by atoms with Gasteiger partial charge in [0.1, 0.15) is 22.6 Å². The highest BCUT2D eigenvalue weighted by molar-refractivity contribution is 7.16. The van der Waals surface area contributed by atoms with Crippen LogP contribution in [0.15, 0.2) is 0 Å². The number of anilines is 1. The van der Waals surface area contributed by atoms with Gasteiger partial charge in [-0.1, -0.05) is 0 Å². The maximum Gasteiger partial charge on any atom is 0.309 e. The fourth-order valence-corrected chi connectivity index (χ4v) is 3.90. The number of fused-ring (bicyclic) bond motifs is 1. The molecule has 5 nitrogen and oxygen atoms in total. The first-order chi connectivity index (χ1) is 10.7. The van der Waals surface area contributed by atoms with Gasteiger partial charge in [-0.2, -0.15) is 5.26 Å². The molecule has 0 radical (unpaired) electrons. The third-order valence-electron chi connectivity index (χ3n) is 3.49. The molecule has 7 heteroatoms. The maximum atomic E-state index is 12.2. The minimum atomic E-state index is -0.510. The summed E-state index contributed by atoms with van der Waals surface area (Å²) in [5.74, 6) is -0.913. The molecule has 0 aliphatic heterocycles. The van der Waals surface area contributed by atoms with Crippen molar-refractivity contribution in [1.29, 1.82) is 5.26 Å². The van der Waals surface area contributed by atoms with Crippen LogP contribution in [0.1, 0.15) is 43.2 Å². The predicted molar refractivity (Wildman–Crippen MR) is 89.7 cm³/mol. The van der Waals surface area contributed by atoms with Crippen LogP contribution < -0.4 is 5.32 Å². The van der Waals surface area contributed by atoms with Crippen LogP contribution in [0.5, 0.6) is 0 Å². The van der Waals surface area contributed by atoms with Gasteiger partial charge in [0.2, 0.25) is 5.91 Å². The van der Waals surface area contributed by atoms with E-state index in [1.54, 1.807) is 0 Å². The van der Waals surface area contributed by atoms with Crippen molar-refractivity contribution in [3.63, 3.8) is 0 Å². The smallest absolute Gasteiger partial charge is 0.309 e. The molecule has 0 spiro atoms. The Labute approximate surface area is 144 Å². The number of nitriles is 1. The summed E-state index contributed by atoms with van der Waals surface area (Å²) in [5.41, 5.74) is 0.915. The van der Waals surface area contributed by atoms with E-state index in [9.17, 15) is 14.9 Å². The summed E-state index contributed by atoms with van der Waals surface area (Å²) in [4.78, 5) is 24.7. The Kier molecular flexibility index (Phi) is 5.33. The van der Waals surface area contributed by atoms with Crippen LogP contribution in [0.25, 0.3) is 0 Å². The summed E-state index contributed by atoms with van der Waals surface area (Å²) in [6.07, 6.45) is 1.83. The number of alkyl halides is 1. The number of nitrogens with zero attached hydrogens (tertiary/aromatic N) is 1. The molecule has 0 saturated carbocycles. The predicted octanol–water partition coefficient (Wildman–Crippen LogP) is 3.24. The summed E-state index contributed by atoms with van der Waals surface area (Å²) >= 11 is 6.85. The van der Waals surface area contributed by atoms with Crippen LogP contribution in [0.2, 0.25) is 0 Å². The third-order valence-corrected chi connectivity index (χ3v) is 4.90. The molecule has 124 valence electrons. The number of halogens is 1. The molecule has 0 saturated heterocycles. The zero-order chi connectivity index (χ0) is 17.2. The highest BCUT2D eigenvalue weighted by atomic mass is 35.5. The van der Waals surface area contributed by atoms with Crippen molar-refractivity contribution in [3.8, 4) is 6.07 Å². The maximum absolute atomic E-state index is 12.2. The molecule has 1 N–H and O–H groups in total. The monoisotopic (exact) mass is 354 g/mol. The molecule has 0 bridgehead atoms. The summed E-state index contributed by atoms with van der Waals surface area (Å²) in [6.45, 7) is 5.54. The van der Waals surface area contributed by atoms with Gasteiger partial charge in [0.15, 0.2) is 0 Å². The largest absolute Gasteiger partial charge is 0.460 e. The van der Waals surface area contributed by atoms with Crippen LogP contribution in [0.4, 0.5) is 5.00 Å². The molecule has 1 aromatic heterocycles. The highest BCUT2D eigenvalue weighted by Crippen LogP contribution is 2.39. The van der Waals surface area contributed by atoms with E-state index in [4.69, 9.17) is 16.3 Å². The van der Waals surface area contributed by atoms with Gasteiger partial charge < -0.3 is 10.1 Å². The quantitative estimate of drug-likeness (QED) is 0.667. The average Bonchev–Trinajstić information content (AvgIpc) is 2.81. The molecule has 1 unspecified atom stereocenters. The number of carbonyl (C=O) groups excluding carboxylic acids is 2. The zero-order valence-corrected chi connectivity index (χ0v) is 14.9. The fourth-order valence-electron chi connectivity index (χ4n) is 2.54. The van der Waals surface area contributed by atoms with Crippen molar-refractivity contribution < 1.29 is 14.3 Å². The van der Waals surface area contributed by atoms with Gasteiger partial charge in [0, 0.05) is 4.88 Å². The van der Waals surface area contributed by atoms with Gasteiger partial charge in [-0.05, 0) is 45.6 Å². The van der Waals surface area contributed by atoms with Crippen molar-refractivity contribution in [2.45, 2.75) is 45.6 Å². The molecule has 1 amide bonds. The van der Waals surface area contributed by atoms with E-state index < -0.39 is 5.60 Å². The first-order valence-electron chi connectivity index (χ1n) is 7.38. The SMILES string of the molecule is CC(C)(C)OC(=O)C1CCc2c(sc(NC(=O)CCl)c2C#N)C1. The molecular weight excluding hydrogens is 336 g/mol. The Morgan fingerprint density at radius 3 is 2.74 bits per heavy atom. The van der Waals surface area contributed by atoms with E-state index in [-0.39, 0.29) is 23.7 Å². The van der Waals surface area contributed by atoms with Gasteiger partial charge in [0.25, 0.3) is 0 Å². The lowest BCUT2D eigenvalue weighted by Crippen LogP contribution is -2.31. The molecule has 0 fully saturated rings. The van der Waals surface area contributed by atoms with Crippen molar-refractivity contribution in [2.75, 3.05) is 11.2 Å². The van der Waals surface area contributed by atoms with Crippen LogP contribution in [0, 0.1) is 17.2 Å². The van der Waals surface area contributed by atoms with Gasteiger partial charge >= 0.3 is 5.97 Å². The molecule has 2 rings (SSSR count). The number of hydrogen-bond acceptors (Lipinski definition) is 5. The summed E-state index contributed by atoms with van der Waals surface area (Å²) in [7, 11) is 0. The number of hydrogen-bond donors (Lipinski definition) is 1. The van der Waals surface area contributed by atoms with Crippen LogP contribution in [-0.2, 0) is 27.2 Å². The van der Waals surface area contributed by atoms with Crippen LogP contribution in [0.3, 0.4) is 0 Å². The normalized spacial score (nSPS) is 17.1. The molecule has 1 heterocycles. The van der Waals surface area contributed by atoms with Crippen LogP contribution in [-0.4, -0.2) is 23.4 Å². The number of rotatable bonds is 3. The Balaban J connectivity index is 2.20. The second-order valence-electron chi connectivity index (χ2n) is 6.47. The summed E-state index contributed by atoms with van der Waals surface area (Å²) in [5, 5.41) is 12.5. The molecule has 1 aliphatic carbocycles. The summed E-state index contributed by atoms with van der Waals surface area (Å²) < 4.78 is 5.45. The number of esters is 1. The second-order valence-corrected chi connectivity index (χ2v) is 7.85. The minimum absolute atomic E-state index is 0.159. The van der Waals surface area contributed by atoms with E-state index >= 15 is 0 Å². The van der Waals surface area contributed by atoms with Crippen LogP contribution >= 0.6 is 22.9 Å². The lowest BCUT2D eigenvalue weighted by Gasteiger charge is -2.26. The number of nitrogens with one attached hydrogen (secondary N) is 1. The molecule has 23 heavy (non-hydrogen) atoms. The van der Waals surface area contributed by atoms with E-state index in [0.29, 0.717) is 29.8 Å². The summed E-state index contributed by atoms with van der Waals surface area (Å²) in [6, 6.07) is 2.15. The van der Waals surface area contributed by atoms with Gasteiger partial charge in [0.05, 0.1) is 11.5 Å². The van der Waals surface area contributed by atoms with Gasteiger partial charge in [-0.25, -0.2) is 0 Å². The average molecular weight is 355 g/mol. The van der Waals surface area contributed by atoms with E-state index in [2.05, 4.69) is 11.4 Å². The molecular formula is C16H19ClN2O3S. The number of amides is 1. The van der Waals surface area contributed by atoms with E-state index in [1.165, 1.54) is 11.3 Å². The lowest BCUT2D eigenvalue weighted by atomic mass is 9.87. The van der Waals surface area contributed by atoms with Crippen molar-refractivity contribution in [1.82, 2.24) is 0 Å². The lowest BCUT2D eigenvalue weighted by molar-refractivity contribution is -0.160. The molecule has 1 atom stereocenters. The fraction of sp³-hybridized carbons (Fsp3) is 0.562. The standard InChI is InChI=1S/C16H19ClN2O3S/c1-16(2,3)22-15(21)9-4-5-10-11(8-18)14(19-13(20)7-17)23-12(10)6-9/h9H,4-7H2,1-3H3,(H,19,20). The molecule has 0 aromatic carbocycles. The Hall–Kier alpha value is -1.58. The minimum Gasteiger partial charge on any atom is -0.460 e. The van der Waals surface area contributed by atoms with Gasteiger partial charge in [-0.15, -0.1) is 22.9 Å². The van der Waals surface area contributed by atoms with Crippen molar-refractivity contribution in [3.05, 3.63) is 16.0 Å². The first-order valence-corrected chi connectivity index (χ1v) is 8.73. The Morgan fingerprint density at radius 2 is 2.17 bits per heavy atom. The highest BCUT2D eigenvalue weighted by Gasteiger charge is 2.32. The van der Waals surface area contributed by atoms with Crippen molar-refractivity contribution >= 4 is 39.8 Å². The van der Waals surface area contributed by atoms with E-state index in [0.717, 1.165) is 10.4 Å².